The SMILES string of the molecule is COCc1nc(-c2cccc(C)c2)cs1. The van der Waals surface area contributed by atoms with Crippen molar-refractivity contribution >= 4 is 11.3 Å². The quantitative estimate of drug-likeness (QED) is 0.790. The molecule has 0 N–H and O–H groups in total. The third-order valence-electron chi connectivity index (χ3n) is 2.13. The van der Waals surface area contributed by atoms with Gasteiger partial charge in [0.1, 0.15) is 5.01 Å². The predicted molar refractivity (Wildman–Crippen MR) is 63.0 cm³/mol. The molecule has 1 heterocycles. The number of benzene rings is 1. The van der Waals surface area contributed by atoms with Crippen molar-refractivity contribution in [1.29, 1.82) is 0 Å². The molecule has 2 rings (SSSR count). The lowest BCUT2D eigenvalue weighted by molar-refractivity contribution is 0.184. The van der Waals surface area contributed by atoms with Gasteiger partial charge in [-0.1, -0.05) is 23.8 Å². The lowest BCUT2D eigenvalue weighted by Crippen LogP contribution is -1.86. The summed E-state index contributed by atoms with van der Waals surface area (Å²) in [4.78, 5) is 4.50. The molecule has 0 aliphatic heterocycles. The van der Waals surface area contributed by atoms with Crippen molar-refractivity contribution in [3.63, 3.8) is 0 Å². The molecule has 3 heteroatoms. The zero-order valence-corrected chi connectivity index (χ0v) is 9.67. The molecule has 78 valence electrons. The molecule has 1 aromatic carbocycles. The molecule has 0 saturated heterocycles. The maximum atomic E-state index is 5.05. The molecule has 0 fully saturated rings. The maximum absolute atomic E-state index is 5.05. The predicted octanol–water partition coefficient (Wildman–Crippen LogP) is 3.26. The Morgan fingerprint density at radius 1 is 1.40 bits per heavy atom. The van der Waals surface area contributed by atoms with Crippen LogP contribution in [-0.4, -0.2) is 12.1 Å². The molecular formula is C12H13NOS. The van der Waals surface area contributed by atoms with Crippen molar-refractivity contribution in [3.8, 4) is 11.3 Å². The van der Waals surface area contributed by atoms with Crippen LogP contribution in [0.1, 0.15) is 10.6 Å². The van der Waals surface area contributed by atoms with Gasteiger partial charge in [0, 0.05) is 18.1 Å². The molecular weight excluding hydrogens is 206 g/mol. The molecule has 1 aromatic heterocycles. The van der Waals surface area contributed by atoms with E-state index in [1.165, 1.54) is 11.1 Å². The minimum absolute atomic E-state index is 0.594. The van der Waals surface area contributed by atoms with E-state index in [9.17, 15) is 0 Å². The second-order valence-electron chi connectivity index (χ2n) is 3.43. The number of hydrogen-bond acceptors (Lipinski definition) is 3. The topological polar surface area (TPSA) is 22.1 Å². The summed E-state index contributed by atoms with van der Waals surface area (Å²) in [5.74, 6) is 0. The lowest BCUT2D eigenvalue weighted by Gasteiger charge is -1.97. The van der Waals surface area contributed by atoms with Crippen molar-refractivity contribution in [1.82, 2.24) is 4.98 Å². The van der Waals surface area contributed by atoms with Gasteiger partial charge >= 0.3 is 0 Å². The van der Waals surface area contributed by atoms with Crippen molar-refractivity contribution in [2.45, 2.75) is 13.5 Å². The summed E-state index contributed by atoms with van der Waals surface area (Å²) < 4.78 is 5.05. The Labute approximate surface area is 93.6 Å². The Balaban J connectivity index is 2.29. The highest BCUT2D eigenvalue weighted by Gasteiger charge is 2.03. The van der Waals surface area contributed by atoms with Gasteiger partial charge in [0.05, 0.1) is 12.3 Å². The highest BCUT2D eigenvalue weighted by molar-refractivity contribution is 7.09. The minimum atomic E-state index is 0.594. The maximum Gasteiger partial charge on any atom is 0.119 e. The number of aryl methyl sites for hydroxylation is 1. The Morgan fingerprint density at radius 2 is 2.27 bits per heavy atom. The fourth-order valence-electron chi connectivity index (χ4n) is 1.44. The van der Waals surface area contributed by atoms with Gasteiger partial charge in [0.15, 0.2) is 0 Å². The van der Waals surface area contributed by atoms with Gasteiger partial charge in [-0.25, -0.2) is 4.98 Å². The van der Waals surface area contributed by atoms with E-state index in [1.54, 1.807) is 18.4 Å². The van der Waals surface area contributed by atoms with Gasteiger partial charge in [-0.05, 0) is 13.0 Å². The number of rotatable bonds is 3. The largest absolute Gasteiger partial charge is 0.378 e. The van der Waals surface area contributed by atoms with Crippen LogP contribution in [0.5, 0.6) is 0 Å². The molecule has 2 nitrogen and oxygen atoms in total. The van der Waals surface area contributed by atoms with E-state index in [0.717, 1.165) is 10.7 Å². The van der Waals surface area contributed by atoms with E-state index in [-0.39, 0.29) is 0 Å². The summed E-state index contributed by atoms with van der Waals surface area (Å²) in [6, 6.07) is 8.37. The van der Waals surface area contributed by atoms with E-state index in [1.807, 2.05) is 0 Å². The Morgan fingerprint density at radius 3 is 3.00 bits per heavy atom. The van der Waals surface area contributed by atoms with Crippen LogP contribution in [0.2, 0.25) is 0 Å². The molecule has 0 bridgehead atoms. The van der Waals surface area contributed by atoms with Crippen molar-refractivity contribution in [3.05, 3.63) is 40.2 Å². The van der Waals surface area contributed by atoms with E-state index in [4.69, 9.17) is 4.74 Å². The van der Waals surface area contributed by atoms with Gasteiger partial charge in [0.2, 0.25) is 0 Å². The Hall–Kier alpha value is -1.19. The first-order valence-corrected chi connectivity index (χ1v) is 5.68. The normalized spacial score (nSPS) is 10.5. The zero-order valence-electron chi connectivity index (χ0n) is 8.86. The van der Waals surface area contributed by atoms with Crippen LogP contribution in [0.4, 0.5) is 0 Å². The van der Waals surface area contributed by atoms with Crippen LogP contribution in [0.15, 0.2) is 29.6 Å². The van der Waals surface area contributed by atoms with Gasteiger partial charge < -0.3 is 4.74 Å². The van der Waals surface area contributed by atoms with Gasteiger partial charge in [-0.3, -0.25) is 0 Å². The number of aromatic nitrogens is 1. The molecule has 0 amide bonds. The molecule has 2 aromatic rings. The lowest BCUT2D eigenvalue weighted by atomic mass is 10.1. The Kier molecular flexibility index (Phi) is 3.14. The number of thiazole rings is 1. The highest BCUT2D eigenvalue weighted by Crippen LogP contribution is 2.22. The second kappa shape index (κ2) is 4.55. The summed E-state index contributed by atoms with van der Waals surface area (Å²) in [6.45, 7) is 2.68. The van der Waals surface area contributed by atoms with Crippen LogP contribution >= 0.6 is 11.3 Å². The molecule has 0 aliphatic rings. The zero-order chi connectivity index (χ0) is 10.7. The molecule has 0 saturated carbocycles. The van der Waals surface area contributed by atoms with Crippen molar-refractivity contribution < 1.29 is 4.74 Å². The van der Waals surface area contributed by atoms with Gasteiger partial charge in [0.25, 0.3) is 0 Å². The molecule has 0 aliphatic carbocycles. The van der Waals surface area contributed by atoms with Gasteiger partial charge in [-0.15, -0.1) is 11.3 Å². The van der Waals surface area contributed by atoms with E-state index < -0.39 is 0 Å². The van der Waals surface area contributed by atoms with Crippen molar-refractivity contribution in [2.24, 2.45) is 0 Å². The number of nitrogens with zero attached hydrogens (tertiary/aromatic N) is 1. The van der Waals surface area contributed by atoms with Gasteiger partial charge in [-0.2, -0.15) is 0 Å². The first-order chi connectivity index (χ1) is 7.29. The smallest absolute Gasteiger partial charge is 0.119 e. The minimum Gasteiger partial charge on any atom is -0.378 e. The molecule has 0 radical (unpaired) electrons. The fraction of sp³-hybridized carbons (Fsp3) is 0.250. The fourth-order valence-corrected chi connectivity index (χ4v) is 2.21. The van der Waals surface area contributed by atoms with E-state index in [2.05, 4.69) is 41.6 Å². The van der Waals surface area contributed by atoms with E-state index in [0.29, 0.717) is 6.61 Å². The second-order valence-corrected chi connectivity index (χ2v) is 4.37. The van der Waals surface area contributed by atoms with Crippen LogP contribution in [0.3, 0.4) is 0 Å². The monoisotopic (exact) mass is 219 g/mol. The molecule has 15 heavy (non-hydrogen) atoms. The highest BCUT2D eigenvalue weighted by atomic mass is 32.1. The summed E-state index contributed by atoms with van der Waals surface area (Å²) in [5, 5.41) is 3.09. The Bertz CT molecular complexity index is 450. The third-order valence-corrected chi connectivity index (χ3v) is 2.96. The number of hydrogen-bond donors (Lipinski definition) is 0. The average Bonchev–Trinajstić information content (AvgIpc) is 2.67. The first kappa shape index (κ1) is 10.3. The average molecular weight is 219 g/mol. The summed E-state index contributed by atoms with van der Waals surface area (Å²) >= 11 is 1.64. The number of methoxy groups -OCH3 is 1. The molecule has 0 atom stereocenters. The first-order valence-electron chi connectivity index (χ1n) is 4.80. The van der Waals surface area contributed by atoms with Crippen LogP contribution in [0.25, 0.3) is 11.3 Å². The standard InChI is InChI=1S/C12H13NOS/c1-9-4-3-5-10(6-9)11-8-15-12(13-11)7-14-2/h3-6,8H,7H2,1-2H3. The van der Waals surface area contributed by atoms with Crippen LogP contribution in [-0.2, 0) is 11.3 Å². The van der Waals surface area contributed by atoms with Crippen LogP contribution < -0.4 is 0 Å². The number of ether oxygens (including phenoxy) is 1. The molecule has 0 spiro atoms. The molecule has 0 unspecified atom stereocenters. The van der Waals surface area contributed by atoms with E-state index >= 15 is 0 Å². The third kappa shape index (κ3) is 2.43. The summed E-state index contributed by atoms with van der Waals surface area (Å²) in [5.41, 5.74) is 3.47. The van der Waals surface area contributed by atoms with Crippen LogP contribution in [0, 0.1) is 6.92 Å². The summed E-state index contributed by atoms with van der Waals surface area (Å²) in [7, 11) is 1.69. The summed E-state index contributed by atoms with van der Waals surface area (Å²) in [6.07, 6.45) is 0. The van der Waals surface area contributed by atoms with Crippen molar-refractivity contribution in [2.75, 3.05) is 7.11 Å².